The van der Waals surface area contributed by atoms with Crippen molar-refractivity contribution < 1.29 is 9.90 Å². The maximum absolute atomic E-state index is 10.7. The van der Waals surface area contributed by atoms with E-state index in [4.69, 9.17) is 10.8 Å². The number of carboxylic acid groups (broad SMARTS) is 1. The van der Waals surface area contributed by atoms with Crippen LogP contribution in [-0.2, 0) is 0 Å². The van der Waals surface area contributed by atoms with Crippen molar-refractivity contribution in [2.75, 3.05) is 0 Å². The van der Waals surface area contributed by atoms with E-state index >= 15 is 0 Å². The molecule has 0 atom stereocenters. The molecule has 0 aromatic heterocycles. The third kappa shape index (κ3) is 1.29. The average molecular weight is 186 g/mol. The summed E-state index contributed by atoms with van der Waals surface area (Å²) in [6.07, 6.45) is 0. The van der Waals surface area contributed by atoms with Gasteiger partial charge in [-0.3, -0.25) is 0 Å². The maximum Gasteiger partial charge on any atom is 0.335 e. The number of aromatic carboxylic acids is 1. The zero-order valence-electron chi connectivity index (χ0n) is 7.32. The van der Waals surface area contributed by atoms with E-state index in [2.05, 4.69) is 0 Å². The zero-order chi connectivity index (χ0) is 10.1. The van der Waals surface area contributed by atoms with Gasteiger partial charge < -0.3 is 10.8 Å². The van der Waals surface area contributed by atoms with Crippen LogP contribution in [0.2, 0.25) is 0 Å². The lowest BCUT2D eigenvalue weighted by molar-refractivity contribution is 0.0697. The molecular weight excluding hydrogens is 178 g/mol. The van der Waals surface area contributed by atoms with Gasteiger partial charge in [0.15, 0.2) is 0 Å². The highest BCUT2D eigenvalue weighted by Gasteiger charge is 2.06. The van der Waals surface area contributed by atoms with Crippen LogP contribution in [0, 0.1) is 0 Å². The van der Waals surface area contributed by atoms with Crippen molar-refractivity contribution in [2.24, 2.45) is 0 Å². The van der Waals surface area contributed by atoms with Crippen LogP contribution in [0.4, 0.5) is 5.69 Å². The Balaban J connectivity index is 2.78. The normalized spacial score (nSPS) is 10.3. The van der Waals surface area contributed by atoms with Crippen LogP contribution >= 0.6 is 0 Å². The van der Waals surface area contributed by atoms with Gasteiger partial charge >= 0.3 is 5.97 Å². The van der Waals surface area contributed by atoms with Crippen molar-refractivity contribution >= 4 is 22.4 Å². The minimum absolute atomic E-state index is 0.161. The van der Waals surface area contributed by atoms with Crippen molar-refractivity contribution in [3.8, 4) is 0 Å². The molecular formula is C11H8NO2. The summed E-state index contributed by atoms with van der Waals surface area (Å²) >= 11 is 0. The molecule has 14 heavy (non-hydrogen) atoms. The standard InChI is InChI=1S/C11H8NO2/c12-10-6-8(11(13)14)5-7-3-1-2-4-9(7)10/h1-6,12H,(H,13,14). The Morgan fingerprint density at radius 3 is 2.64 bits per heavy atom. The third-order valence-electron chi connectivity index (χ3n) is 2.11. The van der Waals surface area contributed by atoms with Gasteiger partial charge in [0.05, 0.1) is 11.3 Å². The van der Waals surface area contributed by atoms with Gasteiger partial charge in [-0.1, -0.05) is 24.3 Å². The Labute approximate surface area is 80.8 Å². The predicted octanol–water partition coefficient (Wildman–Crippen LogP) is 2.45. The second kappa shape index (κ2) is 3.03. The highest BCUT2D eigenvalue weighted by Crippen LogP contribution is 2.23. The van der Waals surface area contributed by atoms with Gasteiger partial charge in [0.25, 0.3) is 0 Å². The highest BCUT2D eigenvalue weighted by molar-refractivity contribution is 5.99. The molecule has 69 valence electrons. The summed E-state index contributed by atoms with van der Waals surface area (Å²) in [5.41, 5.74) is 8.05. The quantitative estimate of drug-likeness (QED) is 0.743. The van der Waals surface area contributed by atoms with Gasteiger partial charge in [0.1, 0.15) is 0 Å². The molecule has 0 saturated heterocycles. The number of nitrogens with one attached hydrogen (secondary N) is 1. The molecule has 0 amide bonds. The Morgan fingerprint density at radius 1 is 1.21 bits per heavy atom. The molecule has 0 aliphatic heterocycles. The highest BCUT2D eigenvalue weighted by atomic mass is 16.4. The molecule has 0 aliphatic rings. The summed E-state index contributed by atoms with van der Waals surface area (Å²) < 4.78 is 0. The Bertz CT molecular complexity index is 506. The fourth-order valence-electron chi connectivity index (χ4n) is 1.43. The minimum Gasteiger partial charge on any atom is -0.478 e. The molecule has 2 rings (SSSR count). The van der Waals surface area contributed by atoms with E-state index in [9.17, 15) is 4.79 Å². The van der Waals surface area contributed by atoms with Crippen LogP contribution in [0.25, 0.3) is 10.8 Å². The molecule has 0 unspecified atom stereocenters. The molecule has 0 saturated carbocycles. The fraction of sp³-hybridized carbons (Fsp3) is 0. The molecule has 0 bridgehead atoms. The van der Waals surface area contributed by atoms with E-state index in [-0.39, 0.29) is 11.3 Å². The summed E-state index contributed by atoms with van der Waals surface area (Å²) in [5.74, 6) is -0.996. The van der Waals surface area contributed by atoms with Crippen LogP contribution in [0.1, 0.15) is 10.4 Å². The van der Waals surface area contributed by atoms with Crippen LogP contribution in [0.15, 0.2) is 36.4 Å². The van der Waals surface area contributed by atoms with Crippen LogP contribution < -0.4 is 5.73 Å². The average Bonchev–Trinajstić information content (AvgIpc) is 2.17. The van der Waals surface area contributed by atoms with E-state index in [0.29, 0.717) is 0 Å². The Hall–Kier alpha value is -2.03. The first-order chi connectivity index (χ1) is 6.68. The van der Waals surface area contributed by atoms with Gasteiger partial charge in [-0.2, -0.15) is 0 Å². The molecule has 0 aliphatic carbocycles. The zero-order valence-corrected chi connectivity index (χ0v) is 7.32. The van der Waals surface area contributed by atoms with Crippen molar-refractivity contribution in [2.45, 2.75) is 0 Å². The van der Waals surface area contributed by atoms with Crippen molar-refractivity contribution in [3.05, 3.63) is 42.0 Å². The van der Waals surface area contributed by atoms with Gasteiger partial charge in [0, 0.05) is 5.39 Å². The number of rotatable bonds is 1. The maximum atomic E-state index is 10.7. The second-order valence-corrected chi connectivity index (χ2v) is 3.05. The first-order valence-electron chi connectivity index (χ1n) is 4.16. The number of benzene rings is 2. The van der Waals surface area contributed by atoms with Crippen LogP contribution in [0.5, 0.6) is 0 Å². The van der Waals surface area contributed by atoms with Crippen molar-refractivity contribution in [1.29, 1.82) is 0 Å². The third-order valence-corrected chi connectivity index (χ3v) is 2.11. The Morgan fingerprint density at radius 2 is 1.93 bits per heavy atom. The monoisotopic (exact) mass is 186 g/mol. The second-order valence-electron chi connectivity index (χ2n) is 3.05. The van der Waals surface area contributed by atoms with Gasteiger partial charge in [-0.05, 0) is 17.5 Å². The Kier molecular flexibility index (Phi) is 1.85. The van der Waals surface area contributed by atoms with Crippen molar-refractivity contribution in [1.82, 2.24) is 5.73 Å². The molecule has 2 aromatic rings. The largest absolute Gasteiger partial charge is 0.478 e. The SMILES string of the molecule is [NH]c1cc(C(=O)O)cc2ccccc12. The number of hydrogen-bond acceptors (Lipinski definition) is 1. The lowest BCUT2D eigenvalue weighted by Crippen LogP contribution is -1.96. The smallest absolute Gasteiger partial charge is 0.335 e. The summed E-state index contributed by atoms with van der Waals surface area (Å²) in [4.78, 5) is 10.7. The van der Waals surface area contributed by atoms with Gasteiger partial charge in [-0.15, -0.1) is 0 Å². The van der Waals surface area contributed by atoms with E-state index in [0.717, 1.165) is 10.8 Å². The minimum atomic E-state index is -0.996. The molecule has 2 N–H and O–H groups in total. The molecule has 3 heteroatoms. The lowest BCUT2D eigenvalue weighted by atomic mass is 10.1. The summed E-state index contributed by atoms with van der Waals surface area (Å²) in [6, 6.07) is 10.2. The van der Waals surface area contributed by atoms with Gasteiger partial charge in [0.2, 0.25) is 0 Å². The predicted molar refractivity (Wildman–Crippen MR) is 53.7 cm³/mol. The summed E-state index contributed by atoms with van der Waals surface area (Å²) in [7, 11) is 0. The van der Waals surface area contributed by atoms with Gasteiger partial charge in [-0.25, -0.2) is 4.79 Å². The lowest BCUT2D eigenvalue weighted by Gasteiger charge is -2.02. The summed E-state index contributed by atoms with van der Waals surface area (Å²) in [5, 5.41) is 10.4. The number of hydrogen-bond donors (Lipinski definition) is 1. The fourth-order valence-corrected chi connectivity index (χ4v) is 1.43. The first-order valence-corrected chi connectivity index (χ1v) is 4.16. The number of carboxylic acids is 1. The molecule has 3 nitrogen and oxygen atoms in total. The number of carbonyl (C=O) groups is 1. The number of fused-ring (bicyclic) bond motifs is 1. The van der Waals surface area contributed by atoms with Crippen LogP contribution in [0.3, 0.4) is 0 Å². The van der Waals surface area contributed by atoms with E-state index in [1.807, 2.05) is 18.2 Å². The molecule has 0 heterocycles. The van der Waals surface area contributed by atoms with E-state index in [1.165, 1.54) is 6.07 Å². The summed E-state index contributed by atoms with van der Waals surface area (Å²) in [6.45, 7) is 0. The molecule has 1 radical (unpaired) electrons. The molecule has 0 spiro atoms. The first kappa shape index (κ1) is 8.56. The molecule has 0 fully saturated rings. The van der Waals surface area contributed by atoms with E-state index in [1.54, 1.807) is 12.1 Å². The topological polar surface area (TPSA) is 61.1 Å². The van der Waals surface area contributed by atoms with Crippen molar-refractivity contribution in [3.63, 3.8) is 0 Å². The van der Waals surface area contributed by atoms with E-state index < -0.39 is 5.97 Å². The van der Waals surface area contributed by atoms with Crippen LogP contribution in [-0.4, -0.2) is 11.1 Å². The molecule has 2 aromatic carbocycles.